The Kier molecular flexibility index (Phi) is 4.21. The third-order valence-corrected chi connectivity index (χ3v) is 4.72. The molecule has 0 heterocycles. The van der Waals surface area contributed by atoms with Gasteiger partial charge in [-0.25, -0.2) is 0 Å². The minimum Gasteiger partial charge on any atom is -0.377 e. The predicted molar refractivity (Wildman–Crippen MR) is 87.5 cm³/mol. The molecule has 7 nitrogen and oxygen atoms in total. The van der Waals surface area contributed by atoms with Crippen LogP contribution in [0, 0.1) is 10.1 Å². The number of benzene rings is 1. The molecule has 0 radical (unpaired) electrons. The molecule has 7 heteroatoms. The SMILES string of the molecule is NCC1(NC(=O)c2ccc(NC3CC3)c([N+](=O)[O-])c2)CCCC1. The van der Waals surface area contributed by atoms with Gasteiger partial charge in [0.15, 0.2) is 0 Å². The van der Waals surface area contributed by atoms with Gasteiger partial charge in [0.1, 0.15) is 5.69 Å². The first-order valence-electron chi connectivity index (χ1n) is 8.10. The van der Waals surface area contributed by atoms with Crippen LogP contribution in [0.1, 0.15) is 48.9 Å². The Balaban J connectivity index is 1.79. The monoisotopic (exact) mass is 318 g/mol. The van der Waals surface area contributed by atoms with E-state index in [4.69, 9.17) is 5.73 Å². The van der Waals surface area contributed by atoms with Crippen LogP contribution in [-0.2, 0) is 0 Å². The van der Waals surface area contributed by atoms with E-state index in [0.29, 0.717) is 23.8 Å². The largest absolute Gasteiger partial charge is 0.377 e. The highest BCUT2D eigenvalue weighted by Gasteiger charge is 2.34. The molecule has 0 aliphatic heterocycles. The van der Waals surface area contributed by atoms with Crippen LogP contribution >= 0.6 is 0 Å². The molecule has 2 aliphatic carbocycles. The van der Waals surface area contributed by atoms with E-state index in [9.17, 15) is 14.9 Å². The highest BCUT2D eigenvalue weighted by atomic mass is 16.6. The summed E-state index contributed by atoms with van der Waals surface area (Å²) in [6.07, 6.45) is 5.86. The lowest BCUT2D eigenvalue weighted by Crippen LogP contribution is -2.51. The van der Waals surface area contributed by atoms with E-state index >= 15 is 0 Å². The molecule has 0 unspecified atom stereocenters. The number of nitro groups is 1. The van der Waals surface area contributed by atoms with E-state index in [-0.39, 0.29) is 17.1 Å². The van der Waals surface area contributed by atoms with E-state index < -0.39 is 4.92 Å². The Labute approximate surface area is 134 Å². The van der Waals surface area contributed by atoms with Crippen molar-refractivity contribution in [3.63, 3.8) is 0 Å². The molecule has 0 aromatic heterocycles. The van der Waals surface area contributed by atoms with Gasteiger partial charge >= 0.3 is 0 Å². The molecule has 1 aromatic carbocycles. The van der Waals surface area contributed by atoms with Crippen LogP contribution in [0.25, 0.3) is 0 Å². The second-order valence-corrected chi connectivity index (χ2v) is 6.55. The van der Waals surface area contributed by atoms with Crippen molar-refractivity contribution in [1.29, 1.82) is 0 Å². The fourth-order valence-corrected chi connectivity index (χ4v) is 3.14. The van der Waals surface area contributed by atoms with Gasteiger partial charge in [-0.3, -0.25) is 14.9 Å². The van der Waals surface area contributed by atoms with E-state index in [1.165, 1.54) is 6.07 Å². The number of rotatable bonds is 6. The lowest BCUT2D eigenvalue weighted by atomic mass is 9.97. The molecule has 0 atom stereocenters. The Hall–Kier alpha value is -2.15. The maximum Gasteiger partial charge on any atom is 0.293 e. The van der Waals surface area contributed by atoms with Crippen LogP contribution in [-0.4, -0.2) is 29.0 Å². The third kappa shape index (κ3) is 3.44. The number of amides is 1. The Morgan fingerprint density at radius 1 is 1.35 bits per heavy atom. The van der Waals surface area contributed by atoms with E-state index in [1.807, 2.05) is 0 Å². The first-order chi connectivity index (χ1) is 11.0. The maximum absolute atomic E-state index is 12.5. The quantitative estimate of drug-likeness (QED) is 0.550. The Morgan fingerprint density at radius 2 is 2.04 bits per heavy atom. The number of hydrogen-bond acceptors (Lipinski definition) is 5. The van der Waals surface area contributed by atoms with Gasteiger partial charge < -0.3 is 16.4 Å². The number of nitrogens with zero attached hydrogens (tertiary/aromatic N) is 1. The van der Waals surface area contributed by atoms with Gasteiger partial charge in [-0.1, -0.05) is 12.8 Å². The lowest BCUT2D eigenvalue weighted by molar-refractivity contribution is -0.384. The van der Waals surface area contributed by atoms with Crippen molar-refractivity contribution < 1.29 is 9.72 Å². The average molecular weight is 318 g/mol. The topological polar surface area (TPSA) is 110 Å². The zero-order valence-corrected chi connectivity index (χ0v) is 13.0. The summed E-state index contributed by atoms with van der Waals surface area (Å²) in [5.41, 5.74) is 6.18. The number of anilines is 1. The molecule has 0 spiro atoms. The standard InChI is InChI=1S/C16H22N4O3/c17-10-16(7-1-2-8-16)19-15(21)11-3-6-13(18-12-4-5-12)14(9-11)20(22)23/h3,6,9,12,18H,1-2,4-5,7-8,10,17H2,(H,19,21). The number of nitrogens with two attached hydrogens (primary N) is 1. The summed E-state index contributed by atoms with van der Waals surface area (Å²) in [7, 11) is 0. The maximum atomic E-state index is 12.5. The molecule has 0 saturated heterocycles. The number of nitro benzene ring substituents is 1. The van der Waals surface area contributed by atoms with E-state index in [1.54, 1.807) is 12.1 Å². The van der Waals surface area contributed by atoms with Crippen molar-refractivity contribution in [3.8, 4) is 0 Å². The molecule has 0 bridgehead atoms. The zero-order chi connectivity index (χ0) is 16.4. The fourth-order valence-electron chi connectivity index (χ4n) is 3.14. The zero-order valence-electron chi connectivity index (χ0n) is 13.0. The molecule has 2 saturated carbocycles. The molecular formula is C16H22N4O3. The van der Waals surface area contributed by atoms with E-state index in [2.05, 4.69) is 10.6 Å². The first kappa shape index (κ1) is 15.7. The van der Waals surface area contributed by atoms with Crippen molar-refractivity contribution in [3.05, 3.63) is 33.9 Å². The lowest BCUT2D eigenvalue weighted by Gasteiger charge is -2.28. The van der Waals surface area contributed by atoms with Crippen molar-refractivity contribution in [2.45, 2.75) is 50.1 Å². The number of carbonyl (C=O) groups excluding carboxylic acids is 1. The van der Waals surface area contributed by atoms with Crippen LogP contribution in [0.15, 0.2) is 18.2 Å². The van der Waals surface area contributed by atoms with Gasteiger partial charge in [-0.05, 0) is 37.8 Å². The summed E-state index contributed by atoms with van der Waals surface area (Å²) in [6, 6.07) is 4.91. The van der Waals surface area contributed by atoms with Gasteiger partial charge in [0.05, 0.1) is 10.5 Å². The summed E-state index contributed by atoms with van der Waals surface area (Å²) < 4.78 is 0. The summed E-state index contributed by atoms with van der Waals surface area (Å²) >= 11 is 0. The molecule has 23 heavy (non-hydrogen) atoms. The highest BCUT2D eigenvalue weighted by Crippen LogP contribution is 2.32. The predicted octanol–water partition coefficient (Wildman–Crippen LogP) is 2.17. The van der Waals surface area contributed by atoms with Crippen molar-refractivity contribution in [1.82, 2.24) is 5.32 Å². The van der Waals surface area contributed by atoms with Gasteiger partial charge in [-0.15, -0.1) is 0 Å². The number of hydrogen-bond donors (Lipinski definition) is 3. The summed E-state index contributed by atoms with van der Waals surface area (Å²) in [5, 5.41) is 17.4. The van der Waals surface area contributed by atoms with Crippen molar-refractivity contribution >= 4 is 17.3 Å². The van der Waals surface area contributed by atoms with Crippen LogP contribution in [0.2, 0.25) is 0 Å². The second kappa shape index (κ2) is 6.16. The summed E-state index contributed by atoms with van der Waals surface area (Å²) in [4.78, 5) is 23.3. The molecule has 3 rings (SSSR count). The molecule has 124 valence electrons. The molecular weight excluding hydrogens is 296 g/mol. The van der Waals surface area contributed by atoms with Gasteiger partial charge in [0.25, 0.3) is 11.6 Å². The molecule has 2 fully saturated rings. The molecule has 1 amide bonds. The van der Waals surface area contributed by atoms with Crippen LogP contribution in [0.3, 0.4) is 0 Å². The van der Waals surface area contributed by atoms with Crippen LogP contribution in [0.5, 0.6) is 0 Å². The first-order valence-corrected chi connectivity index (χ1v) is 8.10. The summed E-state index contributed by atoms with van der Waals surface area (Å²) in [6.45, 7) is 0.391. The molecule has 4 N–H and O–H groups in total. The van der Waals surface area contributed by atoms with Crippen LogP contribution in [0.4, 0.5) is 11.4 Å². The molecule has 1 aromatic rings. The normalized spacial score (nSPS) is 19.3. The van der Waals surface area contributed by atoms with E-state index in [0.717, 1.165) is 38.5 Å². The Morgan fingerprint density at radius 3 is 2.61 bits per heavy atom. The number of nitrogens with one attached hydrogen (secondary N) is 2. The van der Waals surface area contributed by atoms with Gasteiger partial charge in [0, 0.05) is 24.2 Å². The van der Waals surface area contributed by atoms with Crippen molar-refractivity contribution in [2.24, 2.45) is 5.73 Å². The second-order valence-electron chi connectivity index (χ2n) is 6.55. The summed E-state index contributed by atoms with van der Waals surface area (Å²) in [5.74, 6) is -0.293. The number of carbonyl (C=O) groups is 1. The minimum atomic E-state index is -0.449. The van der Waals surface area contributed by atoms with Gasteiger partial charge in [-0.2, -0.15) is 0 Å². The van der Waals surface area contributed by atoms with Crippen molar-refractivity contribution in [2.75, 3.05) is 11.9 Å². The Bertz CT molecular complexity index is 622. The smallest absolute Gasteiger partial charge is 0.293 e. The highest BCUT2D eigenvalue weighted by molar-refractivity contribution is 5.96. The van der Waals surface area contributed by atoms with Crippen LogP contribution < -0.4 is 16.4 Å². The fraction of sp³-hybridized carbons (Fsp3) is 0.562. The molecule has 2 aliphatic rings. The average Bonchev–Trinajstić information content (AvgIpc) is 3.23. The third-order valence-electron chi connectivity index (χ3n) is 4.72. The minimum absolute atomic E-state index is 0.0576. The van der Waals surface area contributed by atoms with Gasteiger partial charge in [0.2, 0.25) is 0 Å².